The molecule has 4 rings (SSSR count). The quantitative estimate of drug-likeness (QED) is 0.865. The lowest BCUT2D eigenvalue weighted by Gasteiger charge is -2.17. The second-order valence-corrected chi connectivity index (χ2v) is 6.17. The smallest absolute Gasteiger partial charge is 0.272 e. The maximum Gasteiger partial charge on any atom is 0.272 e. The fourth-order valence-electron chi connectivity index (χ4n) is 3.61. The van der Waals surface area contributed by atoms with Crippen molar-refractivity contribution >= 4 is 5.91 Å². The van der Waals surface area contributed by atoms with Crippen molar-refractivity contribution in [3.05, 3.63) is 54.5 Å². The zero-order valence-corrected chi connectivity index (χ0v) is 12.4. The average Bonchev–Trinajstić information content (AvgIpc) is 3.21. The number of nitrogens with one attached hydrogen (secondary N) is 1. The number of amides is 1. The van der Waals surface area contributed by atoms with Gasteiger partial charge in [0.25, 0.3) is 5.91 Å². The predicted molar refractivity (Wildman–Crippen MR) is 85.3 cm³/mol. The van der Waals surface area contributed by atoms with E-state index in [2.05, 4.69) is 22.1 Å². The van der Waals surface area contributed by atoms with Crippen LogP contribution in [0.15, 0.2) is 48.8 Å². The summed E-state index contributed by atoms with van der Waals surface area (Å²) in [6.45, 7) is 1.72. The van der Waals surface area contributed by atoms with Crippen LogP contribution in [-0.4, -0.2) is 33.9 Å². The van der Waals surface area contributed by atoms with Crippen LogP contribution in [0.1, 0.15) is 23.3 Å². The number of benzene rings is 1. The highest BCUT2D eigenvalue weighted by Gasteiger charge is 2.36. The predicted octanol–water partition coefficient (Wildman–Crippen LogP) is 3.11. The first kappa shape index (κ1) is 13.3. The first-order chi connectivity index (χ1) is 10.8. The van der Waals surface area contributed by atoms with E-state index in [4.69, 9.17) is 0 Å². The molecule has 22 heavy (non-hydrogen) atoms. The lowest BCUT2D eigenvalue weighted by atomic mass is 9.86. The van der Waals surface area contributed by atoms with E-state index in [9.17, 15) is 4.79 Å². The largest absolute Gasteiger partial charge is 0.340 e. The van der Waals surface area contributed by atoms with Gasteiger partial charge in [-0.15, -0.1) is 0 Å². The van der Waals surface area contributed by atoms with Gasteiger partial charge >= 0.3 is 0 Å². The number of H-pyrrole nitrogens is 1. The van der Waals surface area contributed by atoms with E-state index >= 15 is 0 Å². The summed E-state index contributed by atoms with van der Waals surface area (Å²) in [4.78, 5) is 22.3. The molecule has 0 unspecified atom stereocenters. The van der Waals surface area contributed by atoms with Gasteiger partial charge in [-0.25, -0.2) is 4.98 Å². The van der Waals surface area contributed by atoms with Crippen molar-refractivity contribution in [2.45, 2.75) is 12.8 Å². The second-order valence-electron chi connectivity index (χ2n) is 6.17. The SMILES string of the molecule is O=C(c1[nH]cnc1-c1ccccc1)N1C[C@H]2CC=CC[C@H]2C1. The van der Waals surface area contributed by atoms with Gasteiger partial charge in [-0.3, -0.25) is 4.79 Å². The van der Waals surface area contributed by atoms with Crippen molar-refractivity contribution in [2.75, 3.05) is 13.1 Å². The van der Waals surface area contributed by atoms with Crippen molar-refractivity contribution in [2.24, 2.45) is 11.8 Å². The maximum atomic E-state index is 12.9. The van der Waals surface area contributed by atoms with Gasteiger partial charge in [0.1, 0.15) is 11.4 Å². The number of hydrogen-bond donors (Lipinski definition) is 1. The third-order valence-electron chi connectivity index (χ3n) is 4.81. The first-order valence-electron chi connectivity index (χ1n) is 7.86. The molecule has 2 atom stereocenters. The minimum atomic E-state index is 0.0748. The molecule has 0 bridgehead atoms. The Hall–Kier alpha value is -2.36. The van der Waals surface area contributed by atoms with Crippen LogP contribution in [-0.2, 0) is 0 Å². The van der Waals surface area contributed by atoms with Crippen molar-refractivity contribution in [1.29, 1.82) is 0 Å². The minimum absolute atomic E-state index is 0.0748. The number of likely N-dealkylation sites (tertiary alicyclic amines) is 1. The maximum absolute atomic E-state index is 12.9. The van der Waals surface area contributed by atoms with Gasteiger partial charge in [-0.2, -0.15) is 0 Å². The van der Waals surface area contributed by atoms with Crippen LogP contribution in [0.2, 0.25) is 0 Å². The molecule has 4 heteroatoms. The summed E-state index contributed by atoms with van der Waals surface area (Å²) in [6.07, 6.45) is 8.31. The highest BCUT2D eigenvalue weighted by atomic mass is 16.2. The van der Waals surface area contributed by atoms with E-state index in [0.29, 0.717) is 17.5 Å². The highest BCUT2D eigenvalue weighted by Crippen LogP contribution is 2.34. The molecule has 2 aromatic rings. The number of carbonyl (C=O) groups excluding carboxylic acids is 1. The molecule has 1 N–H and O–H groups in total. The number of rotatable bonds is 2. The highest BCUT2D eigenvalue weighted by molar-refractivity contribution is 5.98. The van der Waals surface area contributed by atoms with Crippen LogP contribution in [0.4, 0.5) is 0 Å². The summed E-state index contributed by atoms with van der Waals surface area (Å²) in [5, 5.41) is 0. The Kier molecular flexibility index (Phi) is 3.29. The third kappa shape index (κ3) is 2.25. The molecule has 0 radical (unpaired) electrons. The molecular formula is C18H19N3O. The zero-order chi connectivity index (χ0) is 14.9. The van der Waals surface area contributed by atoms with Crippen molar-refractivity contribution in [3.63, 3.8) is 0 Å². The van der Waals surface area contributed by atoms with Crippen molar-refractivity contribution < 1.29 is 4.79 Å². The first-order valence-corrected chi connectivity index (χ1v) is 7.86. The molecule has 0 spiro atoms. The number of aromatic nitrogens is 2. The molecule has 1 aliphatic carbocycles. The molecule has 1 amide bonds. The normalized spacial score (nSPS) is 23.5. The van der Waals surface area contributed by atoms with Gasteiger partial charge in [0.2, 0.25) is 0 Å². The standard InChI is InChI=1S/C18H19N3O/c22-18(21-10-14-8-4-5-9-15(14)11-21)17-16(19-12-20-17)13-6-2-1-3-7-13/h1-7,12,14-15H,8-11H2,(H,19,20)/t14-,15+. The van der Waals surface area contributed by atoms with Crippen molar-refractivity contribution in [1.82, 2.24) is 14.9 Å². The molecule has 1 fully saturated rings. The van der Waals surface area contributed by atoms with Gasteiger partial charge < -0.3 is 9.88 Å². The molecule has 4 nitrogen and oxygen atoms in total. The molecule has 1 aromatic carbocycles. The van der Waals surface area contributed by atoms with Crippen LogP contribution >= 0.6 is 0 Å². The lowest BCUT2D eigenvalue weighted by molar-refractivity contribution is 0.0780. The van der Waals surface area contributed by atoms with E-state index in [-0.39, 0.29) is 5.91 Å². The number of fused-ring (bicyclic) bond motifs is 1. The molecule has 0 saturated carbocycles. The van der Waals surface area contributed by atoms with E-state index in [0.717, 1.165) is 37.2 Å². The van der Waals surface area contributed by atoms with Gasteiger partial charge in [-0.1, -0.05) is 42.5 Å². The Morgan fingerprint density at radius 3 is 2.45 bits per heavy atom. The average molecular weight is 293 g/mol. The lowest BCUT2D eigenvalue weighted by Crippen LogP contribution is -2.29. The Labute approximate surface area is 129 Å². The van der Waals surface area contributed by atoms with Gasteiger partial charge in [0.15, 0.2) is 0 Å². The molecule has 1 aromatic heterocycles. The van der Waals surface area contributed by atoms with Gasteiger partial charge in [-0.05, 0) is 24.7 Å². The Balaban J connectivity index is 1.59. The summed E-state index contributed by atoms with van der Waals surface area (Å²) in [7, 11) is 0. The minimum Gasteiger partial charge on any atom is -0.340 e. The fourth-order valence-corrected chi connectivity index (χ4v) is 3.61. The fraction of sp³-hybridized carbons (Fsp3) is 0.333. The summed E-state index contributed by atoms with van der Waals surface area (Å²) in [5.74, 6) is 1.32. The van der Waals surface area contributed by atoms with Gasteiger partial charge in [0, 0.05) is 18.7 Å². The number of nitrogens with zero attached hydrogens (tertiary/aromatic N) is 2. The topological polar surface area (TPSA) is 49.0 Å². The van der Waals surface area contributed by atoms with E-state index < -0.39 is 0 Å². The molecular weight excluding hydrogens is 274 g/mol. The second kappa shape index (κ2) is 5.44. The molecule has 112 valence electrons. The van der Waals surface area contributed by atoms with E-state index in [1.54, 1.807) is 6.33 Å². The van der Waals surface area contributed by atoms with Crippen LogP contribution in [0.3, 0.4) is 0 Å². The summed E-state index contributed by atoms with van der Waals surface area (Å²) in [5.41, 5.74) is 2.33. The van der Waals surface area contributed by atoms with Gasteiger partial charge in [0.05, 0.1) is 6.33 Å². The Morgan fingerprint density at radius 1 is 1.09 bits per heavy atom. The van der Waals surface area contributed by atoms with Crippen LogP contribution < -0.4 is 0 Å². The molecule has 1 saturated heterocycles. The monoisotopic (exact) mass is 293 g/mol. The molecule has 2 aliphatic rings. The van der Waals surface area contributed by atoms with Crippen LogP contribution in [0, 0.1) is 11.8 Å². The Bertz CT molecular complexity index is 688. The van der Waals surface area contributed by atoms with E-state index in [1.807, 2.05) is 35.2 Å². The molecule has 2 heterocycles. The van der Waals surface area contributed by atoms with Crippen LogP contribution in [0.25, 0.3) is 11.3 Å². The summed E-state index contributed by atoms with van der Waals surface area (Å²) < 4.78 is 0. The zero-order valence-electron chi connectivity index (χ0n) is 12.4. The number of carbonyl (C=O) groups is 1. The van der Waals surface area contributed by atoms with E-state index in [1.165, 1.54) is 0 Å². The molecule has 1 aliphatic heterocycles. The van der Waals surface area contributed by atoms with Crippen molar-refractivity contribution in [3.8, 4) is 11.3 Å². The Morgan fingerprint density at radius 2 is 1.77 bits per heavy atom. The summed E-state index contributed by atoms with van der Waals surface area (Å²) in [6, 6.07) is 9.87. The number of aromatic amines is 1. The number of allylic oxidation sites excluding steroid dienone is 2. The van der Waals surface area contributed by atoms with Crippen LogP contribution in [0.5, 0.6) is 0 Å². The number of hydrogen-bond acceptors (Lipinski definition) is 2. The number of imidazole rings is 1. The third-order valence-corrected chi connectivity index (χ3v) is 4.81. The summed E-state index contributed by atoms with van der Waals surface area (Å²) >= 11 is 0.